The fraction of sp³-hybridized carbons (Fsp3) is 0.417. The lowest BCUT2D eigenvalue weighted by Gasteiger charge is -2.40. The fourth-order valence-electron chi connectivity index (χ4n) is 4.46. The van der Waals surface area contributed by atoms with Gasteiger partial charge in [-0.25, -0.2) is 4.39 Å². The second kappa shape index (κ2) is 8.96. The highest BCUT2D eigenvalue weighted by atomic mass is 19.1. The smallest absolute Gasteiger partial charge is 0.244 e. The molecule has 5 nitrogen and oxygen atoms in total. The van der Waals surface area contributed by atoms with Gasteiger partial charge in [0.05, 0.1) is 5.69 Å². The molecule has 0 aromatic heterocycles. The van der Waals surface area contributed by atoms with Gasteiger partial charge in [-0.3, -0.25) is 14.5 Å². The van der Waals surface area contributed by atoms with Crippen molar-refractivity contribution < 1.29 is 14.0 Å². The molecule has 1 atom stereocenters. The topological polar surface area (TPSA) is 43.9 Å². The molecular formula is C24H28FN3O2. The number of Topliss-reactive ketones (excluding diaryl/α,β-unsaturated/α-hetero) is 1. The van der Waals surface area contributed by atoms with Gasteiger partial charge in [0.15, 0.2) is 5.78 Å². The van der Waals surface area contributed by atoms with Gasteiger partial charge in [-0.1, -0.05) is 30.3 Å². The zero-order chi connectivity index (χ0) is 21.1. The molecule has 4 rings (SSSR count). The second-order valence-corrected chi connectivity index (χ2v) is 8.09. The number of carbonyl (C=O) groups excluding carboxylic acids is 2. The van der Waals surface area contributed by atoms with Crippen LogP contribution in [-0.4, -0.2) is 60.8 Å². The summed E-state index contributed by atoms with van der Waals surface area (Å²) in [7, 11) is 0. The Morgan fingerprint density at radius 2 is 1.57 bits per heavy atom. The van der Waals surface area contributed by atoms with Crippen LogP contribution in [-0.2, 0) is 4.79 Å². The van der Waals surface area contributed by atoms with E-state index in [1.54, 1.807) is 12.1 Å². The van der Waals surface area contributed by atoms with E-state index in [0.717, 1.165) is 31.5 Å². The van der Waals surface area contributed by atoms with Gasteiger partial charge >= 0.3 is 0 Å². The van der Waals surface area contributed by atoms with E-state index in [4.69, 9.17) is 0 Å². The third-order valence-electron chi connectivity index (χ3n) is 6.14. The Bertz CT molecular complexity index is 904. The third kappa shape index (κ3) is 4.24. The Morgan fingerprint density at radius 1 is 0.900 bits per heavy atom. The number of ketones is 1. The van der Waals surface area contributed by atoms with Crippen molar-refractivity contribution >= 4 is 17.4 Å². The molecular weight excluding hydrogens is 381 g/mol. The van der Waals surface area contributed by atoms with Crippen LogP contribution >= 0.6 is 0 Å². The highest BCUT2D eigenvalue weighted by molar-refractivity contribution is 5.94. The lowest BCUT2D eigenvalue weighted by atomic mass is 10.0. The van der Waals surface area contributed by atoms with E-state index in [2.05, 4.69) is 4.90 Å². The quantitative estimate of drug-likeness (QED) is 0.709. The second-order valence-electron chi connectivity index (χ2n) is 8.09. The summed E-state index contributed by atoms with van der Waals surface area (Å²) in [6, 6.07) is 14.3. The number of piperazine rings is 1. The monoisotopic (exact) mass is 409 g/mol. The molecule has 6 heteroatoms. The number of amides is 1. The largest absolute Gasteiger partial charge is 0.367 e. The maximum atomic E-state index is 14.6. The predicted molar refractivity (Wildman–Crippen MR) is 115 cm³/mol. The molecule has 0 radical (unpaired) electrons. The minimum absolute atomic E-state index is 0.142. The first-order valence-electron chi connectivity index (χ1n) is 10.7. The van der Waals surface area contributed by atoms with Crippen LogP contribution in [0.1, 0.15) is 41.7 Å². The van der Waals surface area contributed by atoms with Crippen LogP contribution in [0, 0.1) is 5.82 Å². The van der Waals surface area contributed by atoms with Crippen LogP contribution in [0.5, 0.6) is 0 Å². The lowest BCUT2D eigenvalue weighted by molar-refractivity contribution is -0.136. The predicted octanol–water partition coefficient (Wildman–Crippen LogP) is 3.51. The maximum absolute atomic E-state index is 14.6. The van der Waals surface area contributed by atoms with Crippen molar-refractivity contribution in [3.63, 3.8) is 0 Å². The molecule has 2 fully saturated rings. The molecule has 2 aliphatic heterocycles. The summed E-state index contributed by atoms with van der Waals surface area (Å²) in [4.78, 5) is 31.0. The van der Waals surface area contributed by atoms with E-state index in [1.165, 1.54) is 13.0 Å². The van der Waals surface area contributed by atoms with Crippen LogP contribution < -0.4 is 4.90 Å². The number of nitrogens with zero attached hydrogens (tertiary/aromatic N) is 3. The number of rotatable bonds is 5. The van der Waals surface area contributed by atoms with E-state index in [1.807, 2.05) is 40.1 Å². The van der Waals surface area contributed by atoms with Gasteiger partial charge in [0.1, 0.15) is 11.9 Å². The molecule has 0 N–H and O–H groups in total. The number of anilines is 1. The maximum Gasteiger partial charge on any atom is 0.244 e. The first-order valence-corrected chi connectivity index (χ1v) is 10.7. The Morgan fingerprint density at radius 3 is 2.17 bits per heavy atom. The van der Waals surface area contributed by atoms with Crippen molar-refractivity contribution in [1.29, 1.82) is 0 Å². The molecule has 30 heavy (non-hydrogen) atoms. The van der Waals surface area contributed by atoms with Crippen LogP contribution in [0.4, 0.5) is 10.1 Å². The molecule has 2 aromatic carbocycles. The van der Waals surface area contributed by atoms with Crippen molar-refractivity contribution in [2.24, 2.45) is 0 Å². The average molecular weight is 410 g/mol. The van der Waals surface area contributed by atoms with E-state index < -0.39 is 0 Å². The Labute approximate surface area is 177 Å². The summed E-state index contributed by atoms with van der Waals surface area (Å²) < 4.78 is 14.6. The zero-order valence-electron chi connectivity index (χ0n) is 17.4. The number of halogens is 1. The molecule has 158 valence electrons. The van der Waals surface area contributed by atoms with Crippen molar-refractivity contribution in [2.75, 3.05) is 44.2 Å². The highest BCUT2D eigenvalue weighted by Crippen LogP contribution is 2.28. The third-order valence-corrected chi connectivity index (χ3v) is 6.14. The van der Waals surface area contributed by atoms with Crippen LogP contribution in [0.15, 0.2) is 48.5 Å². The van der Waals surface area contributed by atoms with Gasteiger partial charge < -0.3 is 9.80 Å². The van der Waals surface area contributed by atoms with Gasteiger partial charge in [-0.05, 0) is 43.5 Å². The van der Waals surface area contributed by atoms with Crippen molar-refractivity contribution in [3.8, 4) is 0 Å². The molecule has 2 heterocycles. The van der Waals surface area contributed by atoms with Gasteiger partial charge in [-0.15, -0.1) is 0 Å². The van der Waals surface area contributed by atoms with Crippen LogP contribution in [0.3, 0.4) is 0 Å². The Balaban J connectivity index is 1.50. The fourth-order valence-corrected chi connectivity index (χ4v) is 4.46. The van der Waals surface area contributed by atoms with Gasteiger partial charge in [-0.2, -0.15) is 0 Å². The summed E-state index contributed by atoms with van der Waals surface area (Å²) in [6.45, 7) is 5.71. The van der Waals surface area contributed by atoms with Crippen molar-refractivity contribution in [2.45, 2.75) is 25.8 Å². The molecule has 2 aromatic rings. The summed E-state index contributed by atoms with van der Waals surface area (Å²) >= 11 is 0. The normalized spacial score (nSPS) is 18.5. The number of likely N-dealkylation sites (tertiary alicyclic amines) is 1. The summed E-state index contributed by atoms with van der Waals surface area (Å²) in [5, 5.41) is 0. The minimum atomic E-state index is -0.371. The number of carbonyl (C=O) groups is 2. The first-order chi connectivity index (χ1) is 14.5. The van der Waals surface area contributed by atoms with Crippen molar-refractivity contribution in [1.82, 2.24) is 9.80 Å². The Kier molecular flexibility index (Phi) is 6.13. The molecule has 2 aliphatic rings. The summed E-state index contributed by atoms with van der Waals surface area (Å²) in [6.07, 6.45) is 2.13. The standard InChI is InChI=1S/C24H28FN3O2/c1-18(29)20-9-10-22(21(25)17-20)26-13-15-27(16-14-26)23(19-7-3-2-4-8-19)24(30)28-11-5-6-12-28/h2-4,7-10,17,23H,5-6,11-16H2,1H3. The molecule has 0 spiro atoms. The molecule has 1 unspecified atom stereocenters. The highest BCUT2D eigenvalue weighted by Gasteiger charge is 2.34. The first kappa shape index (κ1) is 20.5. The minimum Gasteiger partial charge on any atom is -0.367 e. The Hall–Kier alpha value is -2.73. The van der Waals surface area contributed by atoms with Crippen LogP contribution in [0.25, 0.3) is 0 Å². The van der Waals surface area contributed by atoms with Gasteiger partial charge in [0.2, 0.25) is 5.91 Å². The van der Waals surface area contributed by atoms with E-state index >= 15 is 0 Å². The molecule has 2 saturated heterocycles. The van der Waals surface area contributed by atoms with Gasteiger partial charge in [0.25, 0.3) is 0 Å². The lowest BCUT2D eigenvalue weighted by Crippen LogP contribution is -2.51. The molecule has 0 aliphatic carbocycles. The average Bonchev–Trinajstić information content (AvgIpc) is 3.30. The number of hydrogen-bond donors (Lipinski definition) is 0. The SMILES string of the molecule is CC(=O)c1ccc(N2CCN(C(C(=O)N3CCCC3)c3ccccc3)CC2)c(F)c1. The van der Waals surface area contributed by atoms with E-state index in [0.29, 0.717) is 37.4 Å². The van der Waals surface area contributed by atoms with Crippen molar-refractivity contribution in [3.05, 3.63) is 65.5 Å². The van der Waals surface area contributed by atoms with E-state index in [-0.39, 0.29) is 23.5 Å². The molecule has 0 saturated carbocycles. The van der Waals surface area contributed by atoms with E-state index in [9.17, 15) is 14.0 Å². The number of hydrogen-bond acceptors (Lipinski definition) is 4. The molecule has 0 bridgehead atoms. The molecule has 1 amide bonds. The summed E-state index contributed by atoms with van der Waals surface area (Å²) in [5.41, 5.74) is 1.91. The number of benzene rings is 2. The van der Waals surface area contributed by atoms with Gasteiger partial charge in [0, 0.05) is 44.8 Å². The van der Waals surface area contributed by atoms with Crippen LogP contribution in [0.2, 0.25) is 0 Å². The zero-order valence-corrected chi connectivity index (χ0v) is 17.4. The summed E-state index contributed by atoms with van der Waals surface area (Å²) in [5.74, 6) is -0.343.